The summed E-state index contributed by atoms with van der Waals surface area (Å²) in [5.74, 6) is 1.63. The van der Waals surface area contributed by atoms with E-state index >= 15 is 0 Å². The first-order valence-corrected chi connectivity index (χ1v) is 6.45. The van der Waals surface area contributed by atoms with Gasteiger partial charge in [0.05, 0.1) is 6.61 Å². The summed E-state index contributed by atoms with van der Waals surface area (Å²) >= 11 is 0. The van der Waals surface area contributed by atoms with Gasteiger partial charge in [0.2, 0.25) is 0 Å². The van der Waals surface area contributed by atoms with E-state index in [1.165, 1.54) is 12.0 Å². The third-order valence-electron chi connectivity index (χ3n) is 2.60. The van der Waals surface area contributed by atoms with Gasteiger partial charge in [-0.05, 0) is 51.0 Å². The Hall–Kier alpha value is -1.02. The molecule has 0 aromatic heterocycles. The van der Waals surface area contributed by atoms with Crippen molar-refractivity contribution in [3.63, 3.8) is 0 Å². The fourth-order valence-corrected chi connectivity index (χ4v) is 1.69. The average Bonchev–Trinajstić information content (AvgIpc) is 2.27. The summed E-state index contributed by atoms with van der Waals surface area (Å²) in [7, 11) is 4.22. The van der Waals surface area contributed by atoms with E-state index in [9.17, 15) is 0 Å². The molecule has 0 aliphatic heterocycles. The van der Waals surface area contributed by atoms with Gasteiger partial charge < -0.3 is 9.64 Å². The molecule has 0 spiro atoms. The van der Waals surface area contributed by atoms with E-state index in [0.29, 0.717) is 5.92 Å². The van der Waals surface area contributed by atoms with Crippen LogP contribution in [0.2, 0.25) is 0 Å². The minimum Gasteiger partial charge on any atom is -0.493 e. The fraction of sp³-hybridized carbons (Fsp3) is 0.600. The zero-order valence-electron chi connectivity index (χ0n) is 11.6. The summed E-state index contributed by atoms with van der Waals surface area (Å²) in [4.78, 5) is 2.22. The van der Waals surface area contributed by atoms with Crippen molar-refractivity contribution in [2.24, 2.45) is 5.92 Å². The minimum absolute atomic E-state index is 0.574. The number of benzene rings is 1. The molecule has 0 unspecified atom stereocenters. The molecule has 96 valence electrons. The number of ether oxygens (including phenoxy) is 1. The van der Waals surface area contributed by atoms with Gasteiger partial charge in [0.15, 0.2) is 0 Å². The van der Waals surface area contributed by atoms with Gasteiger partial charge in [0.25, 0.3) is 0 Å². The lowest BCUT2D eigenvalue weighted by Gasteiger charge is -2.14. The largest absolute Gasteiger partial charge is 0.493 e. The topological polar surface area (TPSA) is 12.5 Å². The van der Waals surface area contributed by atoms with Crippen LogP contribution in [0, 0.1) is 5.92 Å². The molecule has 2 nitrogen and oxygen atoms in total. The van der Waals surface area contributed by atoms with Gasteiger partial charge in [-0.25, -0.2) is 0 Å². The van der Waals surface area contributed by atoms with Crippen molar-refractivity contribution in [1.29, 1.82) is 0 Å². The molecule has 1 aromatic rings. The Balaban J connectivity index is 2.51. The molecule has 0 atom stereocenters. The minimum atomic E-state index is 0.574. The van der Waals surface area contributed by atoms with Crippen molar-refractivity contribution < 1.29 is 4.74 Å². The van der Waals surface area contributed by atoms with Gasteiger partial charge in [-0.15, -0.1) is 0 Å². The molecule has 0 heterocycles. The SMILES string of the molecule is CC(C)COc1ccccc1CCCN(C)C. The molecule has 17 heavy (non-hydrogen) atoms. The molecular formula is C15H25NO. The lowest BCUT2D eigenvalue weighted by molar-refractivity contribution is 0.268. The lowest BCUT2D eigenvalue weighted by atomic mass is 10.1. The van der Waals surface area contributed by atoms with Crippen LogP contribution in [-0.2, 0) is 6.42 Å². The van der Waals surface area contributed by atoms with Crippen LogP contribution in [0.1, 0.15) is 25.8 Å². The van der Waals surface area contributed by atoms with Crippen molar-refractivity contribution in [1.82, 2.24) is 4.90 Å². The number of aryl methyl sites for hydroxylation is 1. The second kappa shape index (κ2) is 7.33. The summed E-state index contributed by atoms with van der Waals surface area (Å²) in [5.41, 5.74) is 1.33. The maximum absolute atomic E-state index is 5.84. The zero-order chi connectivity index (χ0) is 12.7. The van der Waals surface area contributed by atoms with E-state index in [-0.39, 0.29) is 0 Å². The molecule has 0 aliphatic carbocycles. The van der Waals surface area contributed by atoms with E-state index in [4.69, 9.17) is 4.74 Å². The van der Waals surface area contributed by atoms with E-state index in [1.54, 1.807) is 0 Å². The second-order valence-electron chi connectivity index (χ2n) is 5.22. The molecule has 0 aliphatic rings. The van der Waals surface area contributed by atoms with Crippen LogP contribution in [-0.4, -0.2) is 32.1 Å². The van der Waals surface area contributed by atoms with Crippen molar-refractivity contribution in [3.8, 4) is 5.75 Å². The van der Waals surface area contributed by atoms with Gasteiger partial charge in [-0.3, -0.25) is 0 Å². The Labute approximate surface area is 106 Å². The highest BCUT2D eigenvalue weighted by atomic mass is 16.5. The molecule has 0 saturated heterocycles. The first-order chi connectivity index (χ1) is 8.09. The highest BCUT2D eigenvalue weighted by Crippen LogP contribution is 2.20. The van der Waals surface area contributed by atoms with Gasteiger partial charge in [-0.2, -0.15) is 0 Å². The monoisotopic (exact) mass is 235 g/mol. The van der Waals surface area contributed by atoms with Crippen molar-refractivity contribution >= 4 is 0 Å². The average molecular weight is 235 g/mol. The Bertz CT molecular complexity index is 320. The molecule has 0 amide bonds. The second-order valence-corrected chi connectivity index (χ2v) is 5.22. The first-order valence-electron chi connectivity index (χ1n) is 6.45. The van der Waals surface area contributed by atoms with E-state index in [1.807, 2.05) is 6.07 Å². The smallest absolute Gasteiger partial charge is 0.122 e. The van der Waals surface area contributed by atoms with Crippen molar-refractivity contribution in [2.45, 2.75) is 26.7 Å². The third kappa shape index (κ3) is 5.73. The van der Waals surface area contributed by atoms with Crippen molar-refractivity contribution in [2.75, 3.05) is 27.2 Å². The Morgan fingerprint density at radius 3 is 2.53 bits per heavy atom. The third-order valence-corrected chi connectivity index (χ3v) is 2.60. The molecule has 0 N–H and O–H groups in total. The summed E-state index contributed by atoms with van der Waals surface area (Å²) in [6.45, 7) is 6.27. The number of rotatable bonds is 7. The van der Waals surface area contributed by atoms with Crippen LogP contribution in [0.3, 0.4) is 0 Å². The predicted molar refractivity (Wildman–Crippen MR) is 73.7 cm³/mol. The van der Waals surface area contributed by atoms with Crippen molar-refractivity contribution in [3.05, 3.63) is 29.8 Å². The number of nitrogens with zero attached hydrogens (tertiary/aromatic N) is 1. The van der Waals surface area contributed by atoms with Gasteiger partial charge in [0, 0.05) is 0 Å². The predicted octanol–water partition coefficient (Wildman–Crippen LogP) is 3.22. The molecule has 2 heteroatoms. The highest BCUT2D eigenvalue weighted by Gasteiger charge is 2.04. The molecule has 0 fully saturated rings. The molecule has 0 radical (unpaired) electrons. The van der Waals surface area contributed by atoms with Gasteiger partial charge >= 0.3 is 0 Å². The normalized spacial score (nSPS) is 11.2. The summed E-state index contributed by atoms with van der Waals surface area (Å²) < 4.78 is 5.84. The van der Waals surface area contributed by atoms with E-state index in [2.05, 4.69) is 51.0 Å². The van der Waals surface area contributed by atoms with Crippen LogP contribution in [0.15, 0.2) is 24.3 Å². The number of para-hydroxylation sites is 1. The summed E-state index contributed by atoms with van der Waals surface area (Å²) in [6.07, 6.45) is 2.27. The first kappa shape index (κ1) is 14.0. The number of hydrogen-bond acceptors (Lipinski definition) is 2. The molecule has 1 aromatic carbocycles. The lowest BCUT2D eigenvalue weighted by Crippen LogP contribution is -2.14. The van der Waals surface area contributed by atoms with Crippen LogP contribution in [0.5, 0.6) is 5.75 Å². The highest BCUT2D eigenvalue weighted by molar-refractivity contribution is 5.33. The van der Waals surface area contributed by atoms with Crippen LogP contribution in [0.4, 0.5) is 0 Å². The Kier molecular flexibility index (Phi) is 6.06. The fourth-order valence-electron chi connectivity index (χ4n) is 1.69. The van der Waals surface area contributed by atoms with E-state index < -0.39 is 0 Å². The van der Waals surface area contributed by atoms with Gasteiger partial charge in [0.1, 0.15) is 5.75 Å². The summed E-state index contributed by atoms with van der Waals surface area (Å²) in [6, 6.07) is 8.39. The standard InChI is InChI=1S/C15H25NO/c1-13(2)12-17-15-10-6-5-8-14(15)9-7-11-16(3)4/h5-6,8,10,13H,7,9,11-12H2,1-4H3. The molecule has 1 rings (SSSR count). The van der Waals surface area contributed by atoms with E-state index in [0.717, 1.165) is 25.3 Å². The maximum atomic E-state index is 5.84. The van der Waals surface area contributed by atoms with Gasteiger partial charge in [-0.1, -0.05) is 32.0 Å². The maximum Gasteiger partial charge on any atom is 0.122 e. The zero-order valence-corrected chi connectivity index (χ0v) is 11.6. The quantitative estimate of drug-likeness (QED) is 0.719. The Morgan fingerprint density at radius 1 is 1.18 bits per heavy atom. The molecule has 0 bridgehead atoms. The number of hydrogen-bond donors (Lipinski definition) is 0. The van der Waals surface area contributed by atoms with Crippen LogP contribution >= 0.6 is 0 Å². The molecule has 0 saturated carbocycles. The summed E-state index contributed by atoms with van der Waals surface area (Å²) in [5, 5.41) is 0. The Morgan fingerprint density at radius 2 is 1.88 bits per heavy atom. The molecular weight excluding hydrogens is 210 g/mol. The van der Waals surface area contributed by atoms with Crippen LogP contribution < -0.4 is 4.74 Å². The van der Waals surface area contributed by atoms with Crippen LogP contribution in [0.25, 0.3) is 0 Å².